The van der Waals surface area contributed by atoms with Crippen molar-refractivity contribution in [1.82, 2.24) is 0 Å². The van der Waals surface area contributed by atoms with Gasteiger partial charge in [0.05, 0.1) is 24.7 Å². The van der Waals surface area contributed by atoms with E-state index in [2.05, 4.69) is 0 Å². The van der Waals surface area contributed by atoms with Crippen molar-refractivity contribution in [2.24, 2.45) is 5.92 Å². The van der Waals surface area contributed by atoms with Crippen LogP contribution in [-0.4, -0.2) is 35.0 Å². The molecule has 1 aliphatic carbocycles. The Balaban J connectivity index is 2.47. The molecule has 0 heterocycles. The molecule has 0 aromatic rings. The molecule has 1 rings (SSSR count). The molecule has 0 radical (unpaired) electrons. The second-order valence-electron chi connectivity index (χ2n) is 2.99. The van der Waals surface area contributed by atoms with Crippen LogP contribution in [0.1, 0.15) is 19.8 Å². The quantitative estimate of drug-likeness (QED) is 0.563. The SMILES string of the molecule is CCOC(=O)[C@@H]1CCC(O)C1O. The molecule has 1 saturated carbocycles. The Morgan fingerprint density at radius 1 is 1.50 bits per heavy atom. The number of hydrogen-bond acceptors (Lipinski definition) is 4. The summed E-state index contributed by atoms with van der Waals surface area (Å²) in [5.74, 6) is -0.929. The normalized spacial score (nSPS) is 35.1. The highest BCUT2D eigenvalue weighted by Crippen LogP contribution is 2.26. The van der Waals surface area contributed by atoms with Gasteiger partial charge in [0.2, 0.25) is 0 Å². The van der Waals surface area contributed by atoms with Crippen LogP contribution in [0.25, 0.3) is 0 Å². The summed E-state index contributed by atoms with van der Waals surface area (Å²) in [6.45, 7) is 2.04. The predicted octanol–water partition coefficient (Wildman–Crippen LogP) is -0.319. The van der Waals surface area contributed by atoms with Gasteiger partial charge in [0.25, 0.3) is 0 Å². The number of aliphatic hydroxyl groups is 2. The molecule has 2 N–H and O–H groups in total. The van der Waals surface area contributed by atoms with Gasteiger partial charge in [0, 0.05) is 0 Å². The van der Waals surface area contributed by atoms with Gasteiger partial charge < -0.3 is 14.9 Å². The molecule has 70 valence electrons. The number of esters is 1. The molecule has 0 aromatic carbocycles. The van der Waals surface area contributed by atoms with Crippen molar-refractivity contribution < 1.29 is 19.7 Å². The summed E-state index contributed by atoms with van der Waals surface area (Å²) in [4.78, 5) is 11.1. The highest BCUT2D eigenvalue weighted by Gasteiger charge is 2.38. The smallest absolute Gasteiger partial charge is 0.311 e. The summed E-state index contributed by atoms with van der Waals surface area (Å²) in [7, 11) is 0. The third-order valence-corrected chi connectivity index (χ3v) is 2.17. The lowest BCUT2D eigenvalue weighted by Crippen LogP contribution is -2.31. The van der Waals surface area contributed by atoms with E-state index in [4.69, 9.17) is 9.84 Å². The maximum Gasteiger partial charge on any atom is 0.311 e. The Labute approximate surface area is 71.2 Å². The molecule has 4 heteroatoms. The summed E-state index contributed by atoms with van der Waals surface area (Å²) >= 11 is 0. The van der Waals surface area contributed by atoms with Crippen molar-refractivity contribution in [1.29, 1.82) is 0 Å². The lowest BCUT2D eigenvalue weighted by atomic mass is 10.1. The summed E-state index contributed by atoms with van der Waals surface area (Å²) in [6, 6.07) is 0. The first-order chi connectivity index (χ1) is 5.66. The van der Waals surface area contributed by atoms with Crippen LogP contribution in [-0.2, 0) is 9.53 Å². The van der Waals surface area contributed by atoms with Crippen LogP contribution in [0, 0.1) is 5.92 Å². The molecule has 1 aliphatic rings. The van der Waals surface area contributed by atoms with Crippen molar-refractivity contribution in [2.45, 2.75) is 32.0 Å². The van der Waals surface area contributed by atoms with Gasteiger partial charge in [-0.05, 0) is 19.8 Å². The minimum Gasteiger partial charge on any atom is -0.466 e. The van der Waals surface area contributed by atoms with Crippen molar-refractivity contribution in [3.8, 4) is 0 Å². The average Bonchev–Trinajstić information content (AvgIpc) is 2.34. The van der Waals surface area contributed by atoms with Gasteiger partial charge in [-0.15, -0.1) is 0 Å². The number of aliphatic hydroxyl groups excluding tert-OH is 2. The fourth-order valence-corrected chi connectivity index (χ4v) is 1.47. The second-order valence-corrected chi connectivity index (χ2v) is 2.99. The van der Waals surface area contributed by atoms with E-state index in [1.54, 1.807) is 6.92 Å². The topological polar surface area (TPSA) is 66.8 Å². The first kappa shape index (κ1) is 9.48. The minimum absolute atomic E-state index is 0.318. The van der Waals surface area contributed by atoms with Gasteiger partial charge >= 0.3 is 5.97 Å². The minimum atomic E-state index is -0.941. The Kier molecular flexibility index (Phi) is 3.05. The van der Waals surface area contributed by atoms with Crippen LogP contribution in [0.15, 0.2) is 0 Å². The van der Waals surface area contributed by atoms with E-state index >= 15 is 0 Å². The Morgan fingerprint density at radius 3 is 2.58 bits per heavy atom. The molecule has 12 heavy (non-hydrogen) atoms. The van der Waals surface area contributed by atoms with Gasteiger partial charge in [0.1, 0.15) is 0 Å². The lowest BCUT2D eigenvalue weighted by molar-refractivity contribution is -0.152. The third kappa shape index (κ3) is 1.76. The molecule has 0 aromatic heterocycles. The Hall–Kier alpha value is -0.610. The van der Waals surface area contributed by atoms with E-state index in [-0.39, 0.29) is 0 Å². The van der Waals surface area contributed by atoms with Gasteiger partial charge in [-0.25, -0.2) is 0 Å². The molecular weight excluding hydrogens is 160 g/mol. The van der Waals surface area contributed by atoms with Crippen LogP contribution in [0.3, 0.4) is 0 Å². The van der Waals surface area contributed by atoms with Gasteiger partial charge in [-0.1, -0.05) is 0 Å². The highest BCUT2D eigenvalue weighted by molar-refractivity contribution is 5.73. The highest BCUT2D eigenvalue weighted by atomic mass is 16.5. The number of ether oxygens (including phenoxy) is 1. The van der Waals surface area contributed by atoms with E-state index in [0.29, 0.717) is 19.4 Å². The zero-order chi connectivity index (χ0) is 9.14. The predicted molar refractivity (Wildman–Crippen MR) is 41.4 cm³/mol. The molecule has 2 unspecified atom stereocenters. The van der Waals surface area contributed by atoms with E-state index in [0.717, 1.165) is 0 Å². The van der Waals surface area contributed by atoms with Crippen LogP contribution < -0.4 is 0 Å². The number of hydrogen-bond donors (Lipinski definition) is 2. The molecule has 4 nitrogen and oxygen atoms in total. The first-order valence-corrected chi connectivity index (χ1v) is 4.19. The Morgan fingerprint density at radius 2 is 2.17 bits per heavy atom. The third-order valence-electron chi connectivity index (χ3n) is 2.17. The fraction of sp³-hybridized carbons (Fsp3) is 0.875. The second kappa shape index (κ2) is 3.87. The maximum absolute atomic E-state index is 11.1. The van der Waals surface area contributed by atoms with E-state index in [9.17, 15) is 9.90 Å². The van der Waals surface area contributed by atoms with E-state index in [1.165, 1.54) is 0 Å². The van der Waals surface area contributed by atoms with Gasteiger partial charge in [-0.3, -0.25) is 4.79 Å². The largest absolute Gasteiger partial charge is 0.466 e. The summed E-state index contributed by atoms with van der Waals surface area (Å²) in [5, 5.41) is 18.4. The molecule has 0 saturated heterocycles. The zero-order valence-electron chi connectivity index (χ0n) is 7.06. The molecule has 1 fully saturated rings. The van der Waals surface area contributed by atoms with Crippen LogP contribution in [0.4, 0.5) is 0 Å². The zero-order valence-corrected chi connectivity index (χ0v) is 7.06. The molecular formula is C8H14O4. The first-order valence-electron chi connectivity index (χ1n) is 4.19. The fourth-order valence-electron chi connectivity index (χ4n) is 1.47. The molecule has 0 bridgehead atoms. The van der Waals surface area contributed by atoms with E-state index < -0.39 is 24.1 Å². The van der Waals surface area contributed by atoms with Crippen LogP contribution >= 0.6 is 0 Å². The van der Waals surface area contributed by atoms with Crippen molar-refractivity contribution >= 4 is 5.97 Å². The average molecular weight is 174 g/mol. The van der Waals surface area contributed by atoms with Crippen molar-refractivity contribution in [2.75, 3.05) is 6.61 Å². The number of carbonyl (C=O) groups is 1. The van der Waals surface area contributed by atoms with Gasteiger partial charge in [-0.2, -0.15) is 0 Å². The molecule has 0 spiro atoms. The number of carbonyl (C=O) groups excluding carboxylic acids is 1. The summed E-state index contributed by atoms with van der Waals surface area (Å²) in [5.41, 5.74) is 0. The summed E-state index contributed by atoms with van der Waals surface area (Å²) in [6.07, 6.45) is -0.713. The molecule has 0 aliphatic heterocycles. The lowest BCUT2D eigenvalue weighted by Gasteiger charge is -2.14. The van der Waals surface area contributed by atoms with Crippen LogP contribution in [0.2, 0.25) is 0 Å². The molecule has 3 atom stereocenters. The number of rotatable bonds is 2. The maximum atomic E-state index is 11.1. The van der Waals surface area contributed by atoms with E-state index in [1.807, 2.05) is 0 Å². The molecule has 0 amide bonds. The Bertz CT molecular complexity index is 168. The van der Waals surface area contributed by atoms with Crippen molar-refractivity contribution in [3.05, 3.63) is 0 Å². The van der Waals surface area contributed by atoms with Crippen molar-refractivity contribution in [3.63, 3.8) is 0 Å². The summed E-state index contributed by atoms with van der Waals surface area (Å²) < 4.78 is 4.73. The van der Waals surface area contributed by atoms with Crippen LogP contribution in [0.5, 0.6) is 0 Å². The van der Waals surface area contributed by atoms with Gasteiger partial charge in [0.15, 0.2) is 0 Å². The standard InChI is InChI=1S/C8H14O4/c1-2-12-8(11)5-3-4-6(9)7(5)10/h5-7,9-10H,2-4H2,1H3/t5-,6?,7?/m1/s1. The monoisotopic (exact) mass is 174 g/mol.